The van der Waals surface area contributed by atoms with Crippen molar-refractivity contribution < 1.29 is 4.39 Å². The van der Waals surface area contributed by atoms with Crippen LogP contribution < -0.4 is 5.32 Å². The lowest BCUT2D eigenvalue weighted by molar-refractivity contribution is 0.510. The van der Waals surface area contributed by atoms with Crippen molar-refractivity contribution in [3.63, 3.8) is 0 Å². The van der Waals surface area contributed by atoms with Crippen LogP contribution in [0.1, 0.15) is 36.2 Å². The van der Waals surface area contributed by atoms with Crippen molar-refractivity contribution in [1.82, 2.24) is 15.1 Å². The molecule has 0 saturated heterocycles. The van der Waals surface area contributed by atoms with Crippen LogP contribution in [0.3, 0.4) is 0 Å². The minimum atomic E-state index is -0.218. The van der Waals surface area contributed by atoms with Gasteiger partial charge in [0.25, 0.3) is 0 Å². The number of nitrogens with zero attached hydrogens (tertiary/aromatic N) is 2. The number of hydrogen-bond donors (Lipinski definition) is 1. The number of rotatable bonds is 6. The van der Waals surface area contributed by atoms with Crippen LogP contribution in [0.4, 0.5) is 4.39 Å². The van der Waals surface area contributed by atoms with Crippen LogP contribution in [-0.4, -0.2) is 16.3 Å². The van der Waals surface area contributed by atoms with Crippen molar-refractivity contribution in [2.45, 2.75) is 32.7 Å². The summed E-state index contributed by atoms with van der Waals surface area (Å²) in [5, 5.41) is 8.31. The first-order valence-corrected chi connectivity index (χ1v) is 7.56. The van der Waals surface area contributed by atoms with Crippen LogP contribution in [0.5, 0.6) is 0 Å². The van der Waals surface area contributed by atoms with E-state index in [0.29, 0.717) is 17.0 Å². The minimum absolute atomic E-state index is 0.0339. The molecule has 2 rings (SSSR count). The molecule has 1 atom stereocenters. The molecule has 0 fully saturated rings. The Morgan fingerprint density at radius 1 is 1.43 bits per heavy atom. The van der Waals surface area contributed by atoms with Gasteiger partial charge in [0.15, 0.2) is 0 Å². The Morgan fingerprint density at radius 2 is 2.19 bits per heavy atom. The van der Waals surface area contributed by atoms with Gasteiger partial charge in [-0.05, 0) is 50.1 Å². The summed E-state index contributed by atoms with van der Waals surface area (Å²) >= 11 is 5.98. The van der Waals surface area contributed by atoms with E-state index in [4.69, 9.17) is 11.6 Å². The van der Waals surface area contributed by atoms with E-state index in [2.05, 4.69) is 17.3 Å². The molecule has 0 aliphatic rings. The van der Waals surface area contributed by atoms with E-state index in [-0.39, 0.29) is 11.9 Å². The molecule has 1 N–H and O–H groups in total. The minimum Gasteiger partial charge on any atom is -0.310 e. The lowest BCUT2D eigenvalue weighted by atomic mass is 9.99. The molecule has 0 spiro atoms. The summed E-state index contributed by atoms with van der Waals surface area (Å²) in [5.41, 5.74) is 2.82. The third kappa shape index (κ3) is 3.83. The standard InChI is InChI=1S/C16H21ClFN3/c1-4-7-19-16(14-10-20-21(3)11(14)2)9-12-8-13(17)5-6-15(12)18/h5-6,8,10,16,19H,4,7,9H2,1-3H3. The normalized spacial score (nSPS) is 12.6. The van der Waals surface area contributed by atoms with E-state index in [9.17, 15) is 4.39 Å². The van der Waals surface area contributed by atoms with Gasteiger partial charge in [0.1, 0.15) is 5.82 Å². The van der Waals surface area contributed by atoms with Gasteiger partial charge in [-0.15, -0.1) is 0 Å². The van der Waals surface area contributed by atoms with Gasteiger partial charge in [-0.1, -0.05) is 18.5 Å². The molecule has 3 nitrogen and oxygen atoms in total. The second-order valence-electron chi connectivity index (χ2n) is 5.26. The van der Waals surface area contributed by atoms with Crippen LogP contribution >= 0.6 is 11.6 Å². The molecule has 0 amide bonds. The van der Waals surface area contributed by atoms with Crippen LogP contribution in [-0.2, 0) is 13.5 Å². The summed E-state index contributed by atoms with van der Waals surface area (Å²) in [5.74, 6) is -0.218. The molecule has 0 bridgehead atoms. The second-order valence-corrected chi connectivity index (χ2v) is 5.69. The van der Waals surface area contributed by atoms with E-state index < -0.39 is 0 Å². The van der Waals surface area contributed by atoms with Crippen molar-refractivity contribution in [2.24, 2.45) is 7.05 Å². The smallest absolute Gasteiger partial charge is 0.126 e. The van der Waals surface area contributed by atoms with Gasteiger partial charge in [-0.25, -0.2) is 4.39 Å². The molecule has 0 saturated carbocycles. The van der Waals surface area contributed by atoms with E-state index in [1.807, 2.05) is 24.9 Å². The maximum Gasteiger partial charge on any atom is 0.126 e. The number of hydrogen-bond acceptors (Lipinski definition) is 2. The molecule has 21 heavy (non-hydrogen) atoms. The summed E-state index contributed by atoms with van der Waals surface area (Å²) in [4.78, 5) is 0. The summed E-state index contributed by atoms with van der Waals surface area (Å²) in [6.07, 6.45) is 3.43. The molecule has 5 heteroatoms. The Kier molecular flexibility index (Phi) is 5.37. The first-order chi connectivity index (χ1) is 10.0. The number of nitrogens with one attached hydrogen (secondary N) is 1. The maximum atomic E-state index is 14.0. The van der Waals surface area contributed by atoms with Gasteiger partial charge >= 0.3 is 0 Å². The van der Waals surface area contributed by atoms with Crippen molar-refractivity contribution in [3.8, 4) is 0 Å². The highest BCUT2D eigenvalue weighted by atomic mass is 35.5. The highest BCUT2D eigenvalue weighted by Crippen LogP contribution is 2.24. The van der Waals surface area contributed by atoms with Gasteiger partial charge in [0.2, 0.25) is 0 Å². The fourth-order valence-corrected chi connectivity index (χ4v) is 2.58. The van der Waals surface area contributed by atoms with Crippen LogP contribution in [0.15, 0.2) is 24.4 Å². The quantitative estimate of drug-likeness (QED) is 0.879. The Labute approximate surface area is 130 Å². The van der Waals surface area contributed by atoms with Crippen LogP contribution in [0.25, 0.3) is 0 Å². The maximum absolute atomic E-state index is 14.0. The third-order valence-electron chi connectivity index (χ3n) is 3.72. The van der Waals surface area contributed by atoms with Crippen molar-refractivity contribution >= 4 is 11.6 Å². The predicted octanol–water partition coefficient (Wildman–Crippen LogP) is 3.80. The number of benzene rings is 1. The zero-order valence-electron chi connectivity index (χ0n) is 12.7. The largest absolute Gasteiger partial charge is 0.310 e. The van der Waals surface area contributed by atoms with E-state index in [1.165, 1.54) is 6.07 Å². The SMILES string of the molecule is CCCNC(Cc1cc(Cl)ccc1F)c1cnn(C)c1C. The first-order valence-electron chi connectivity index (χ1n) is 7.18. The Balaban J connectivity index is 2.28. The zero-order valence-corrected chi connectivity index (χ0v) is 13.4. The molecular formula is C16H21ClFN3. The Hall–Kier alpha value is -1.39. The molecule has 1 unspecified atom stereocenters. The predicted molar refractivity (Wildman–Crippen MR) is 84.1 cm³/mol. The molecule has 1 heterocycles. The average Bonchev–Trinajstić information content (AvgIpc) is 2.79. The molecule has 0 aliphatic carbocycles. The molecular weight excluding hydrogens is 289 g/mol. The summed E-state index contributed by atoms with van der Waals surface area (Å²) in [6, 6.07) is 4.73. The summed E-state index contributed by atoms with van der Waals surface area (Å²) < 4.78 is 15.8. The molecule has 1 aromatic carbocycles. The average molecular weight is 310 g/mol. The number of halogens is 2. The molecule has 0 aliphatic heterocycles. The van der Waals surface area contributed by atoms with Crippen molar-refractivity contribution in [3.05, 3.63) is 52.1 Å². The summed E-state index contributed by atoms with van der Waals surface area (Å²) in [7, 11) is 1.91. The van der Waals surface area contributed by atoms with Gasteiger partial charge in [-0.3, -0.25) is 4.68 Å². The van der Waals surface area contributed by atoms with Crippen LogP contribution in [0, 0.1) is 12.7 Å². The molecule has 0 radical (unpaired) electrons. The monoisotopic (exact) mass is 309 g/mol. The van der Waals surface area contributed by atoms with Crippen LogP contribution in [0.2, 0.25) is 5.02 Å². The Morgan fingerprint density at radius 3 is 2.81 bits per heavy atom. The lowest BCUT2D eigenvalue weighted by Crippen LogP contribution is -2.25. The molecule has 1 aromatic heterocycles. The molecule has 114 valence electrons. The van der Waals surface area contributed by atoms with E-state index in [0.717, 1.165) is 24.2 Å². The van der Waals surface area contributed by atoms with E-state index >= 15 is 0 Å². The zero-order chi connectivity index (χ0) is 15.4. The fraction of sp³-hybridized carbons (Fsp3) is 0.438. The second kappa shape index (κ2) is 7.05. The Bertz CT molecular complexity index is 610. The first kappa shape index (κ1) is 16.0. The van der Waals surface area contributed by atoms with Gasteiger partial charge in [0, 0.05) is 29.4 Å². The highest BCUT2D eigenvalue weighted by Gasteiger charge is 2.18. The van der Waals surface area contributed by atoms with Gasteiger partial charge in [0.05, 0.1) is 6.20 Å². The topological polar surface area (TPSA) is 29.9 Å². The lowest BCUT2D eigenvalue weighted by Gasteiger charge is -2.19. The third-order valence-corrected chi connectivity index (χ3v) is 3.96. The fourth-order valence-electron chi connectivity index (χ4n) is 2.39. The highest BCUT2D eigenvalue weighted by molar-refractivity contribution is 6.30. The summed E-state index contributed by atoms with van der Waals surface area (Å²) in [6.45, 7) is 5.01. The number of aromatic nitrogens is 2. The molecule has 2 aromatic rings. The van der Waals surface area contributed by atoms with E-state index in [1.54, 1.807) is 12.1 Å². The number of aryl methyl sites for hydroxylation is 1. The van der Waals surface area contributed by atoms with Crippen molar-refractivity contribution in [1.29, 1.82) is 0 Å². The van der Waals surface area contributed by atoms with Crippen molar-refractivity contribution in [2.75, 3.05) is 6.54 Å². The van der Waals surface area contributed by atoms with Gasteiger partial charge < -0.3 is 5.32 Å². The van der Waals surface area contributed by atoms with Gasteiger partial charge in [-0.2, -0.15) is 5.10 Å².